The van der Waals surface area contributed by atoms with Gasteiger partial charge in [0.15, 0.2) is 5.16 Å². The van der Waals surface area contributed by atoms with E-state index in [0.717, 1.165) is 12.0 Å². The fourth-order valence-corrected chi connectivity index (χ4v) is 4.50. The highest BCUT2D eigenvalue weighted by molar-refractivity contribution is 7.98. The molecule has 34 heavy (non-hydrogen) atoms. The molecule has 0 aliphatic carbocycles. The van der Waals surface area contributed by atoms with E-state index in [2.05, 4.69) is 36.5 Å². The van der Waals surface area contributed by atoms with Crippen LogP contribution in [-0.2, 0) is 5.75 Å². The average Bonchev–Trinajstić information content (AvgIpc) is 2.87. The standard InChI is InChI=1S/C27H27N3O3S/c1-4-15-28-25(31)20-9-14-23-24(16-20)29-27(34-17-19-7-5-18(2)6-8-19)30(26(23)32)21-10-12-22(33-3)13-11-21/h5-14,16H,4,15,17H2,1-3H3,(H,28,31). The minimum absolute atomic E-state index is 0.168. The second-order valence-corrected chi connectivity index (χ2v) is 8.94. The molecule has 7 heteroatoms. The van der Waals surface area contributed by atoms with Crippen LogP contribution in [-0.4, -0.2) is 29.1 Å². The van der Waals surface area contributed by atoms with Crippen LogP contribution < -0.4 is 15.6 Å². The number of fused-ring (bicyclic) bond motifs is 1. The van der Waals surface area contributed by atoms with Gasteiger partial charge in [-0.25, -0.2) is 4.98 Å². The summed E-state index contributed by atoms with van der Waals surface area (Å²) < 4.78 is 6.89. The molecule has 0 spiro atoms. The molecule has 0 bridgehead atoms. The summed E-state index contributed by atoms with van der Waals surface area (Å²) in [6.07, 6.45) is 0.851. The third kappa shape index (κ3) is 5.15. The van der Waals surface area contributed by atoms with E-state index in [4.69, 9.17) is 9.72 Å². The first-order chi connectivity index (χ1) is 16.5. The highest BCUT2D eigenvalue weighted by Gasteiger charge is 2.16. The Kier molecular flexibility index (Phi) is 7.33. The van der Waals surface area contributed by atoms with Gasteiger partial charge in [0.25, 0.3) is 11.5 Å². The third-order valence-electron chi connectivity index (χ3n) is 5.46. The predicted octanol–water partition coefficient (Wildman–Crippen LogP) is 5.13. The molecule has 1 aromatic heterocycles. The Morgan fingerprint density at radius 1 is 1.06 bits per heavy atom. The molecule has 1 heterocycles. The fraction of sp³-hybridized carbons (Fsp3) is 0.222. The third-order valence-corrected chi connectivity index (χ3v) is 6.47. The summed E-state index contributed by atoms with van der Waals surface area (Å²) in [5.74, 6) is 1.20. The summed E-state index contributed by atoms with van der Waals surface area (Å²) in [5, 5.41) is 3.90. The van der Waals surface area contributed by atoms with E-state index < -0.39 is 0 Å². The van der Waals surface area contributed by atoms with Crippen LogP contribution in [0.2, 0.25) is 0 Å². The van der Waals surface area contributed by atoms with Crippen molar-refractivity contribution in [2.75, 3.05) is 13.7 Å². The smallest absolute Gasteiger partial charge is 0.266 e. The molecule has 1 N–H and O–H groups in total. The molecule has 0 saturated carbocycles. The topological polar surface area (TPSA) is 73.2 Å². The zero-order valence-corrected chi connectivity index (χ0v) is 20.3. The number of nitrogens with one attached hydrogen (secondary N) is 1. The van der Waals surface area contributed by atoms with Crippen molar-refractivity contribution in [3.63, 3.8) is 0 Å². The first-order valence-electron chi connectivity index (χ1n) is 11.2. The molecule has 0 aliphatic rings. The highest BCUT2D eigenvalue weighted by Crippen LogP contribution is 2.26. The molecule has 0 aliphatic heterocycles. The van der Waals surface area contributed by atoms with Crippen molar-refractivity contribution in [1.82, 2.24) is 14.9 Å². The van der Waals surface area contributed by atoms with Crippen LogP contribution in [0.4, 0.5) is 0 Å². The SMILES string of the molecule is CCCNC(=O)c1ccc2c(=O)n(-c3ccc(OC)cc3)c(SCc3ccc(C)cc3)nc2c1. The van der Waals surface area contributed by atoms with E-state index >= 15 is 0 Å². The number of ether oxygens (including phenoxy) is 1. The first-order valence-corrected chi connectivity index (χ1v) is 12.2. The second kappa shape index (κ2) is 10.6. The molecule has 4 aromatic rings. The van der Waals surface area contributed by atoms with Crippen LogP contribution in [0.5, 0.6) is 5.75 Å². The molecule has 0 saturated heterocycles. The summed E-state index contributed by atoms with van der Waals surface area (Å²) in [6, 6.07) is 20.7. The lowest BCUT2D eigenvalue weighted by Gasteiger charge is -2.14. The number of aromatic nitrogens is 2. The Balaban J connectivity index is 1.80. The van der Waals surface area contributed by atoms with Gasteiger partial charge in [-0.2, -0.15) is 0 Å². The Labute approximate surface area is 203 Å². The molecular formula is C27H27N3O3S. The van der Waals surface area contributed by atoms with Crippen molar-refractivity contribution < 1.29 is 9.53 Å². The lowest BCUT2D eigenvalue weighted by Crippen LogP contribution is -2.25. The van der Waals surface area contributed by atoms with E-state index in [9.17, 15) is 9.59 Å². The Bertz CT molecular complexity index is 1360. The second-order valence-electron chi connectivity index (χ2n) is 8.00. The average molecular weight is 474 g/mol. The Morgan fingerprint density at radius 2 is 1.79 bits per heavy atom. The number of amides is 1. The molecule has 6 nitrogen and oxygen atoms in total. The van der Waals surface area contributed by atoms with Gasteiger partial charge in [0, 0.05) is 17.9 Å². The maximum Gasteiger partial charge on any atom is 0.266 e. The number of carbonyl (C=O) groups is 1. The van der Waals surface area contributed by atoms with Gasteiger partial charge in [-0.1, -0.05) is 48.5 Å². The van der Waals surface area contributed by atoms with Crippen LogP contribution in [0, 0.1) is 6.92 Å². The molecule has 0 unspecified atom stereocenters. The number of methoxy groups -OCH3 is 1. The zero-order valence-electron chi connectivity index (χ0n) is 19.5. The molecule has 0 radical (unpaired) electrons. The summed E-state index contributed by atoms with van der Waals surface area (Å²) in [6.45, 7) is 4.65. The van der Waals surface area contributed by atoms with Crippen molar-refractivity contribution in [2.45, 2.75) is 31.2 Å². The quantitative estimate of drug-likeness (QED) is 0.284. The maximum absolute atomic E-state index is 13.6. The van der Waals surface area contributed by atoms with Crippen LogP contribution in [0.15, 0.2) is 76.7 Å². The van der Waals surface area contributed by atoms with Gasteiger partial charge in [0.1, 0.15) is 5.75 Å². The van der Waals surface area contributed by atoms with Gasteiger partial charge in [-0.05, 0) is 61.4 Å². The van der Waals surface area contributed by atoms with E-state index in [1.807, 2.05) is 31.2 Å². The number of rotatable bonds is 8. The minimum Gasteiger partial charge on any atom is -0.497 e. The van der Waals surface area contributed by atoms with Gasteiger partial charge in [0.05, 0.1) is 23.7 Å². The molecule has 0 atom stereocenters. The lowest BCUT2D eigenvalue weighted by molar-refractivity contribution is 0.0954. The molecule has 4 rings (SSSR count). The predicted molar refractivity (Wildman–Crippen MR) is 137 cm³/mol. The number of nitrogens with zero attached hydrogens (tertiary/aromatic N) is 2. The Morgan fingerprint density at radius 3 is 2.47 bits per heavy atom. The van der Waals surface area contributed by atoms with Gasteiger partial charge < -0.3 is 10.1 Å². The number of benzene rings is 3. The monoisotopic (exact) mass is 473 g/mol. The van der Waals surface area contributed by atoms with E-state index in [1.165, 1.54) is 17.3 Å². The number of hydrogen-bond donors (Lipinski definition) is 1. The van der Waals surface area contributed by atoms with Crippen molar-refractivity contribution in [2.24, 2.45) is 0 Å². The number of carbonyl (C=O) groups excluding carboxylic acids is 1. The van der Waals surface area contributed by atoms with Crippen molar-refractivity contribution in [3.05, 3.63) is 93.8 Å². The van der Waals surface area contributed by atoms with Crippen LogP contribution in [0.3, 0.4) is 0 Å². The lowest BCUT2D eigenvalue weighted by atomic mass is 10.1. The summed E-state index contributed by atoms with van der Waals surface area (Å²) >= 11 is 1.49. The summed E-state index contributed by atoms with van der Waals surface area (Å²) in [7, 11) is 1.61. The Hall–Kier alpha value is -3.58. The molecule has 0 fully saturated rings. The number of hydrogen-bond acceptors (Lipinski definition) is 5. The van der Waals surface area contributed by atoms with Crippen molar-refractivity contribution >= 4 is 28.6 Å². The summed E-state index contributed by atoms with van der Waals surface area (Å²) in [5.41, 5.74) is 3.86. The largest absolute Gasteiger partial charge is 0.497 e. The van der Waals surface area contributed by atoms with E-state index in [-0.39, 0.29) is 11.5 Å². The van der Waals surface area contributed by atoms with Gasteiger partial charge in [0.2, 0.25) is 0 Å². The van der Waals surface area contributed by atoms with Crippen LogP contribution in [0.25, 0.3) is 16.6 Å². The molecule has 1 amide bonds. The molecular weight excluding hydrogens is 446 g/mol. The normalized spacial score (nSPS) is 10.9. The van der Waals surface area contributed by atoms with Crippen LogP contribution >= 0.6 is 11.8 Å². The van der Waals surface area contributed by atoms with Crippen LogP contribution in [0.1, 0.15) is 34.8 Å². The van der Waals surface area contributed by atoms with Crippen molar-refractivity contribution in [3.8, 4) is 11.4 Å². The highest BCUT2D eigenvalue weighted by atomic mass is 32.2. The minimum atomic E-state index is -0.179. The molecule has 3 aromatic carbocycles. The molecule has 174 valence electrons. The van der Waals surface area contributed by atoms with Crippen molar-refractivity contribution in [1.29, 1.82) is 0 Å². The number of aryl methyl sites for hydroxylation is 1. The first kappa shape index (κ1) is 23.6. The zero-order chi connectivity index (χ0) is 24.1. The van der Waals surface area contributed by atoms with Gasteiger partial charge >= 0.3 is 0 Å². The fourth-order valence-electron chi connectivity index (χ4n) is 3.54. The van der Waals surface area contributed by atoms with E-state index in [1.54, 1.807) is 29.9 Å². The number of thioether (sulfide) groups is 1. The summed E-state index contributed by atoms with van der Waals surface area (Å²) in [4.78, 5) is 30.9. The maximum atomic E-state index is 13.6. The van der Waals surface area contributed by atoms with Gasteiger partial charge in [-0.3, -0.25) is 14.2 Å². The van der Waals surface area contributed by atoms with E-state index in [0.29, 0.717) is 45.4 Å². The van der Waals surface area contributed by atoms with Gasteiger partial charge in [-0.15, -0.1) is 0 Å².